The molecule has 1 saturated heterocycles. The molecule has 0 spiro atoms. The zero-order valence-corrected chi connectivity index (χ0v) is 18.9. The Morgan fingerprint density at radius 2 is 1.70 bits per heavy atom. The van der Waals surface area contributed by atoms with Crippen LogP contribution in [0, 0.1) is 0 Å². The molecule has 9 heteroatoms. The Labute approximate surface area is 192 Å². The minimum Gasteiger partial charge on any atom is -0.497 e. The molecule has 0 aliphatic carbocycles. The molecule has 0 saturated carbocycles. The predicted molar refractivity (Wildman–Crippen MR) is 121 cm³/mol. The average molecular weight is 459 g/mol. The fourth-order valence-corrected chi connectivity index (χ4v) is 4.71. The molecule has 4 rings (SSSR count). The Kier molecular flexibility index (Phi) is 7.26. The second-order valence-corrected chi connectivity index (χ2v) is 8.58. The van der Waals surface area contributed by atoms with Crippen molar-refractivity contribution >= 4 is 17.6 Å². The fourth-order valence-electron chi connectivity index (χ4n) is 4.71. The predicted octanol–water partition coefficient (Wildman–Crippen LogP) is 1.51. The van der Waals surface area contributed by atoms with Crippen molar-refractivity contribution in [3.05, 3.63) is 59.7 Å². The number of benzene rings is 2. The first-order valence-electron chi connectivity index (χ1n) is 10.6. The van der Waals surface area contributed by atoms with E-state index in [2.05, 4.69) is 72.3 Å². The fraction of sp³-hybridized carbons (Fsp3) is 0.417. The van der Waals surface area contributed by atoms with Gasteiger partial charge < -0.3 is 30.1 Å². The van der Waals surface area contributed by atoms with Gasteiger partial charge in [-0.3, -0.25) is 4.90 Å². The van der Waals surface area contributed by atoms with E-state index in [0.29, 0.717) is 6.17 Å². The van der Waals surface area contributed by atoms with E-state index < -0.39 is 24.1 Å². The third-order valence-electron chi connectivity index (χ3n) is 6.40. The van der Waals surface area contributed by atoms with Gasteiger partial charge in [0.05, 0.1) is 13.3 Å². The van der Waals surface area contributed by atoms with Crippen LogP contribution in [0.4, 0.5) is 5.69 Å². The van der Waals surface area contributed by atoms with Gasteiger partial charge in [-0.15, -0.1) is 0 Å². The van der Waals surface area contributed by atoms with Crippen LogP contribution in [0.5, 0.6) is 5.75 Å². The molecule has 0 amide bonds. The van der Waals surface area contributed by atoms with Gasteiger partial charge in [0.1, 0.15) is 5.75 Å². The van der Waals surface area contributed by atoms with Gasteiger partial charge in [0.15, 0.2) is 12.2 Å². The summed E-state index contributed by atoms with van der Waals surface area (Å²) in [6, 6.07) is 17.3. The molecule has 2 heterocycles. The second-order valence-electron chi connectivity index (χ2n) is 8.58. The van der Waals surface area contributed by atoms with Gasteiger partial charge in [-0.05, 0) is 42.8 Å². The van der Waals surface area contributed by atoms with E-state index >= 15 is 0 Å². The zero-order chi connectivity index (χ0) is 24.3. The number of hydrogen-bond donors (Lipinski definition) is 4. The normalized spacial score (nSPS) is 23.1. The van der Waals surface area contributed by atoms with Gasteiger partial charge in [-0.25, -0.2) is 9.59 Å². The van der Waals surface area contributed by atoms with Crippen LogP contribution in [0.1, 0.15) is 24.5 Å². The van der Waals surface area contributed by atoms with E-state index in [4.69, 9.17) is 25.2 Å². The van der Waals surface area contributed by atoms with Crippen molar-refractivity contribution in [2.24, 2.45) is 0 Å². The van der Waals surface area contributed by atoms with Crippen LogP contribution in [-0.2, 0) is 21.5 Å². The van der Waals surface area contributed by atoms with Gasteiger partial charge in [0.2, 0.25) is 0 Å². The zero-order valence-electron chi connectivity index (χ0n) is 18.9. The number of aliphatic hydroxyl groups is 2. The van der Waals surface area contributed by atoms with Gasteiger partial charge in [0, 0.05) is 24.2 Å². The van der Waals surface area contributed by atoms with Crippen molar-refractivity contribution in [3.8, 4) is 5.75 Å². The maximum absolute atomic E-state index is 9.77. The third-order valence-corrected chi connectivity index (χ3v) is 6.40. The molecule has 2 aromatic rings. The Balaban J connectivity index is 0.000000262. The summed E-state index contributed by atoms with van der Waals surface area (Å²) in [5.74, 6) is -2.58. The highest BCUT2D eigenvalue weighted by Crippen LogP contribution is 2.52. The summed E-state index contributed by atoms with van der Waals surface area (Å²) >= 11 is 0. The maximum Gasteiger partial charge on any atom is 0.335 e. The molecule has 178 valence electrons. The Bertz CT molecular complexity index is 982. The van der Waals surface area contributed by atoms with Crippen molar-refractivity contribution in [1.82, 2.24) is 4.90 Å². The minimum absolute atomic E-state index is 0.174. The van der Waals surface area contributed by atoms with Crippen LogP contribution in [0.15, 0.2) is 48.5 Å². The van der Waals surface area contributed by atoms with E-state index in [1.807, 2.05) is 0 Å². The highest BCUT2D eigenvalue weighted by molar-refractivity contribution is 5.83. The van der Waals surface area contributed by atoms with Crippen molar-refractivity contribution in [1.29, 1.82) is 0 Å². The molecule has 4 N–H and O–H groups in total. The molecule has 2 aliphatic heterocycles. The Morgan fingerprint density at radius 1 is 1.09 bits per heavy atom. The molecule has 1 fully saturated rings. The SMILES string of the molecule is COc1ccc2c(c1)[C@@]1(C)CCN(C)C1N2Cc1ccccc1.O=C(O)C(O)C(O)C(=O)O. The number of likely N-dealkylation sites (tertiary alicyclic amines) is 1. The lowest BCUT2D eigenvalue weighted by atomic mass is 9.81. The standard InChI is InChI=1S/C20H24N2O.C4H6O6/c1-20-11-12-21(2)19(20)22(14-15-7-5-4-6-8-15)18-10-9-16(23-3)13-17(18)20;5-1(3(7)8)2(6)4(9)10/h4-10,13,19H,11-12,14H2,1-3H3;1-2,5-6H,(H,7,8)(H,9,10)/t19?,20-;/m1./s1. The summed E-state index contributed by atoms with van der Waals surface area (Å²) in [4.78, 5) is 24.6. The highest BCUT2D eigenvalue weighted by atomic mass is 16.5. The van der Waals surface area contributed by atoms with Crippen LogP contribution < -0.4 is 9.64 Å². The van der Waals surface area contributed by atoms with E-state index in [1.54, 1.807) is 7.11 Å². The number of fused-ring (bicyclic) bond motifs is 3. The molecule has 2 aromatic carbocycles. The van der Waals surface area contributed by atoms with Crippen LogP contribution in [0.3, 0.4) is 0 Å². The average Bonchev–Trinajstić information content (AvgIpc) is 3.24. The van der Waals surface area contributed by atoms with Crippen LogP contribution in [0.25, 0.3) is 0 Å². The maximum atomic E-state index is 9.77. The number of ether oxygens (including phenoxy) is 1. The first-order chi connectivity index (χ1) is 15.6. The topological polar surface area (TPSA) is 131 Å². The minimum atomic E-state index is -2.27. The number of carboxylic acid groups (broad SMARTS) is 2. The molecular formula is C24H30N2O7. The van der Waals surface area contributed by atoms with E-state index in [1.165, 1.54) is 23.2 Å². The number of aliphatic carboxylic acids is 2. The molecule has 2 aliphatic rings. The summed E-state index contributed by atoms with van der Waals surface area (Å²) < 4.78 is 5.48. The van der Waals surface area contributed by atoms with Crippen LogP contribution in [0.2, 0.25) is 0 Å². The number of methoxy groups -OCH3 is 1. The largest absolute Gasteiger partial charge is 0.497 e. The number of rotatable bonds is 6. The number of aliphatic hydroxyl groups excluding tert-OH is 2. The van der Waals surface area contributed by atoms with Crippen LogP contribution >= 0.6 is 0 Å². The first-order valence-corrected chi connectivity index (χ1v) is 10.6. The third kappa shape index (κ3) is 4.80. The molecule has 0 bridgehead atoms. The second kappa shape index (κ2) is 9.78. The summed E-state index contributed by atoms with van der Waals surface area (Å²) in [6.45, 7) is 4.50. The first kappa shape index (κ1) is 24.5. The number of carboxylic acids is 2. The van der Waals surface area contributed by atoms with Crippen molar-refractivity contribution in [2.45, 2.75) is 43.7 Å². The number of likely N-dealkylation sites (N-methyl/N-ethyl adjacent to an activating group) is 1. The van der Waals surface area contributed by atoms with E-state index in [0.717, 1.165) is 18.8 Å². The monoisotopic (exact) mass is 458 g/mol. The van der Waals surface area contributed by atoms with Crippen molar-refractivity contribution in [2.75, 3.05) is 25.6 Å². The van der Waals surface area contributed by atoms with Crippen molar-refractivity contribution < 1.29 is 34.8 Å². The van der Waals surface area contributed by atoms with E-state index in [-0.39, 0.29) is 5.41 Å². The molecule has 33 heavy (non-hydrogen) atoms. The van der Waals surface area contributed by atoms with Gasteiger partial charge >= 0.3 is 11.9 Å². The molecule has 0 aromatic heterocycles. The number of carbonyl (C=O) groups is 2. The van der Waals surface area contributed by atoms with Crippen LogP contribution in [-0.4, -0.2) is 76.3 Å². The number of nitrogens with zero attached hydrogens (tertiary/aromatic N) is 2. The summed E-state index contributed by atoms with van der Waals surface area (Å²) in [7, 11) is 4.00. The van der Waals surface area contributed by atoms with E-state index in [9.17, 15) is 9.59 Å². The summed E-state index contributed by atoms with van der Waals surface area (Å²) in [6.07, 6.45) is -2.92. The van der Waals surface area contributed by atoms with Gasteiger partial charge in [-0.2, -0.15) is 0 Å². The lowest BCUT2D eigenvalue weighted by Gasteiger charge is -2.35. The Hall–Kier alpha value is -3.14. The smallest absolute Gasteiger partial charge is 0.335 e. The molecule has 4 atom stereocenters. The number of anilines is 1. The van der Waals surface area contributed by atoms with Gasteiger partial charge in [0.25, 0.3) is 0 Å². The summed E-state index contributed by atoms with van der Waals surface area (Å²) in [5.41, 5.74) is 4.32. The molecule has 0 radical (unpaired) electrons. The van der Waals surface area contributed by atoms with Crippen molar-refractivity contribution in [3.63, 3.8) is 0 Å². The lowest BCUT2D eigenvalue weighted by Crippen LogP contribution is -2.46. The quantitative estimate of drug-likeness (QED) is 0.509. The number of hydrogen-bond acceptors (Lipinski definition) is 7. The highest BCUT2D eigenvalue weighted by Gasteiger charge is 2.53. The lowest BCUT2D eigenvalue weighted by molar-refractivity contribution is -0.165. The Morgan fingerprint density at radius 3 is 2.24 bits per heavy atom. The summed E-state index contributed by atoms with van der Waals surface area (Å²) in [5, 5.41) is 32.5. The van der Waals surface area contributed by atoms with Gasteiger partial charge in [-0.1, -0.05) is 37.3 Å². The molecular weight excluding hydrogens is 428 g/mol. The molecule has 3 unspecified atom stereocenters. The molecule has 9 nitrogen and oxygen atoms in total.